The van der Waals surface area contributed by atoms with Gasteiger partial charge in [-0.3, -0.25) is 23.2 Å². The molecule has 0 aromatic rings. The lowest BCUT2D eigenvalue weighted by atomic mass is 9.87. The highest BCUT2D eigenvalue weighted by atomic mass is 32.7. The summed E-state index contributed by atoms with van der Waals surface area (Å²) in [5.41, 5.74) is -1.28. The Balaban J connectivity index is 3.13. The number of hydrogen-bond donors (Lipinski definition) is 4. The van der Waals surface area contributed by atoms with Crippen LogP contribution >= 0.6 is 26.0 Å². The topological polar surface area (TPSA) is 160 Å². The molecule has 1 aliphatic heterocycles. The summed E-state index contributed by atoms with van der Waals surface area (Å²) in [7, 11) is 0.994. The van der Waals surface area contributed by atoms with Gasteiger partial charge in [0, 0.05) is 30.7 Å². The molecule has 31 heavy (non-hydrogen) atoms. The number of carbonyl (C=O) groups is 2. The standard InChI is InChI=1S/C16H33N3O9P2S/c1-16(2,12-27-29(22,23)24)14-15(21)18-7-6-13(20)17-8-11-31-30(25,28-14)26-10-9-19(3,4)5/h14H,6-12H2,1-5H3,(H3-,17,18,20,21,22,23,24)/p+1/t14-,30?/m0/s1. The number of amides is 2. The Morgan fingerprint density at radius 3 is 2.48 bits per heavy atom. The molecule has 0 aliphatic carbocycles. The van der Waals surface area contributed by atoms with Crippen molar-refractivity contribution in [2.45, 2.75) is 26.4 Å². The Labute approximate surface area is 186 Å². The highest BCUT2D eigenvalue weighted by Crippen LogP contribution is 2.62. The fourth-order valence-corrected chi connectivity index (χ4v) is 6.24. The number of quaternary nitrogens is 1. The van der Waals surface area contributed by atoms with Crippen molar-refractivity contribution in [1.29, 1.82) is 0 Å². The van der Waals surface area contributed by atoms with Gasteiger partial charge in [0.05, 0.1) is 27.7 Å². The number of likely N-dealkylation sites (N-methyl/N-ethyl adjacent to an activating group) is 1. The van der Waals surface area contributed by atoms with Crippen molar-refractivity contribution in [3.8, 4) is 0 Å². The average Bonchev–Trinajstić information content (AvgIpc) is 2.59. The van der Waals surface area contributed by atoms with Crippen molar-refractivity contribution in [2.24, 2.45) is 5.41 Å². The van der Waals surface area contributed by atoms with Crippen molar-refractivity contribution in [3.63, 3.8) is 0 Å². The molecular formula is C16H34N3O9P2S+. The van der Waals surface area contributed by atoms with Gasteiger partial charge in [0.2, 0.25) is 11.8 Å². The van der Waals surface area contributed by atoms with E-state index in [4.69, 9.17) is 18.8 Å². The van der Waals surface area contributed by atoms with Crippen molar-refractivity contribution in [2.75, 3.05) is 59.7 Å². The van der Waals surface area contributed by atoms with E-state index in [0.717, 1.165) is 11.4 Å². The van der Waals surface area contributed by atoms with Gasteiger partial charge in [-0.15, -0.1) is 0 Å². The maximum Gasteiger partial charge on any atom is 0.469 e. The third-order valence-electron chi connectivity index (χ3n) is 4.12. The zero-order valence-corrected chi connectivity index (χ0v) is 21.1. The molecule has 0 bridgehead atoms. The number of phosphoric ester groups is 1. The molecule has 2 atom stereocenters. The first kappa shape index (κ1) is 28.5. The van der Waals surface area contributed by atoms with Crippen molar-refractivity contribution < 1.29 is 46.6 Å². The Hall–Kier alpha value is -0.490. The minimum absolute atomic E-state index is 0.0137. The van der Waals surface area contributed by atoms with Gasteiger partial charge in [-0.05, 0) is 11.4 Å². The summed E-state index contributed by atoms with van der Waals surface area (Å²) in [6.07, 6.45) is -1.37. The lowest BCUT2D eigenvalue weighted by Gasteiger charge is -2.35. The van der Waals surface area contributed by atoms with Crippen LogP contribution in [0.2, 0.25) is 0 Å². The second-order valence-corrected chi connectivity index (χ2v) is 14.1. The first-order chi connectivity index (χ1) is 14.0. The zero-order valence-electron chi connectivity index (χ0n) is 18.5. The molecule has 0 aromatic carbocycles. The Kier molecular flexibility index (Phi) is 10.7. The highest BCUT2D eigenvalue weighted by molar-refractivity contribution is 8.55. The Bertz CT molecular complexity index is 724. The summed E-state index contributed by atoms with van der Waals surface area (Å²) in [6, 6.07) is 0. The van der Waals surface area contributed by atoms with Gasteiger partial charge in [0.25, 0.3) is 0 Å². The van der Waals surface area contributed by atoms with Gasteiger partial charge in [0.15, 0.2) is 6.10 Å². The number of hydrogen-bond acceptors (Lipinski definition) is 8. The molecule has 1 rings (SSSR count). The molecule has 0 spiro atoms. The summed E-state index contributed by atoms with van der Waals surface area (Å²) in [4.78, 5) is 42.7. The maximum absolute atomic E-state index is 13.5. The van der Waals surface area contributed by atoms with Crippen LogP contribution in [0.1, 0.15) is 20.3 Å². The molecule has 1 fully saturated rings. The number of phosphoric acid groups is 1. The number of carbonyl (C=O) groups excluding carboxylic acids is 2. The van der Waals surface area contributed by atoms with Crippen LogP contribution in [0.5, 0.6) is 0 Å². The van der Waals surface area contributed by atoms with Crippen LogP contribution in [-0.2, 0) is 32.3 Å². The molecule has 0 saturated carbocycles. The third kappa shape index (κ3) is 11.8. The van der Waals surface area contributed by atoms with Gasteiger partial charge in [0.1, 0.15) is 13.2 Å². The van der Waals surface area contributed by atoms with Crippen molar-refractivity contribution in [1.82, 2.24) is 10.6 Å². The number of nitrogens with one attached hydrogen (secondary N) is 2. The molecule has 182 valence electrons. The molecule has 2 amide bonds. The fraction of sp³-hybridized carbons (Fsp3) is 0.875. The first-order valence-electron chi connectivity index (χ1n) is 9.65. The van der Waals surface area contributed by atoms with Gasteiger partial charge in [-0.1, -0.05) is 13.8 Å². The lowest BCUT2D eigenvalue weighted by molar-refractivity contribution is -0.870. The smallest absolute Gasteiger partial charge is 0.355 e. The number of rotatable bonds is 8. The highest BCUT2D eigenvalue weighted by Gasteiger charge is 2.44. The molecule has 1 unspecified atom stereocenters. The lowest BCUT2D eigenvalue weighted by Crippen LogP contribution is -2.48. The molecular weight excluding hydrogens is 472 g/mol. The van der Waals surface area contributed by atoms with Crippen LogP contribution in [0.15, 0.2) is 0 Å². The van der Waals surface area contributed by atoms with Crippen LogP contribution in [0.3, 0.4) is 0 Å². The van der Waals surface area contributed by atoms with Gasteiger partial charge >= 0.3 is 14.6 Å². The monoisotopic (exact) mass is 506 g/mol. The molecule has 12 nitrogen and oxygen atoms in total. The van der Waals surface area contributed by atoms with E-state index in [0.29, 0.717) is 11.0 Å². The van der Waals surface area contributed by atoms with E-state index in [1.807, 2.05) is 21.1 Å². The molecule has 1 saturated heterocycles. The summed E-state index contributed by atoms with van der Waals surface area (Å²) in [5, 5.41) is 5.20. The van der Waals surface area contributed by atoms with Crippen molar-refractivity contribution in [3.05, 3.63) is 0 Å². The summed E-state index contributed by atoms with van der Waals surface area (Å²) < 4.78 is 41.1. The van der Waals surface area contributed by atoms with E-state index >= 15 is 0 Å². The fourth-order valence-electron chi connectivity index (χ4n) is 2.35. The predicted octanol–water partition coefficient (Wildman–Crippen LogP) is 0.707. The summed E-state index contributed by atoms with van der Waals surface area (Å²) in [5.74, 6) is -0.742. The molecule has 0 aromatic heterocycles. The molecule has 4 N–H and O–H groups in total. The largest absolute Gasteiger partial charge is 0.469 e. The van der Waals surface area contributed by atoms with E-state index in [1.54, 1.807) is 0 Å². The average molecular weight is 506 g/mol. The zero-order chi connectivity index (χ0) is 23.9. The first-order valence-corrected chi connectivity index (χ1v) is 14.3. The third-order valence-corrected chi connectivity index (χ3v) is 8.33. The summed E-state index contributed by atoms with van der Waals surface area (Å²) in [6.45, 7) is -0.578. The van der Waals surface area contributed by atoms with Crippen LogP contribution in [0.4, 0.5) is 0 Å². The minimum atomic E-state index is -4.81. The minimum Gasteiger partial charge on any atom is -0.355 e. The molecule has 15 heteroatoms. The van der Waals surface area contributed by atoms with Crippen LogP contribution < -0.4 is 10.6 Å². The van der Waals surface area contributed by atoms with Gasteiger partial charge in [-0.2, -0.15) is 0 Å². The van der Waals surface area contributed by atoms with E-state index in [1.165, 1.54) is 13.8 Å². The summed E-state index contributed by atoms with van der Waals surface area (Å²) >= 11 is 0.852. The van der Waals surface area contributed by atoms with Crippen LogP contribution in [0.25, 0.3) is 0 Å². The maximum atomic E-state index is 13.5. The molecule has 0 radical (unpaired) electrons. The quantitative estimate of drug-likeness (QED) is 0.273. The van der Waals surface area contributed by atoms with Crippen LogP contribution in [0, 0.1) is 5.41 Å². The SMILES string of the molecule is CC(C)(COP(=O)(O)O)[C@H]1OP(=O)(OCC[N+](C)(C)C)SCCNC(=O)CCNC1=O. The molecule has 1 aliphatic rings. The predicted molar refractivity (Wildman–Crippen MR) is 116 cm³/mol. The second-order valence-electron chi connectivity index (χ2n) is 8.76. The Morgan fingerprint density at radius 1 is 1.26 bits per heavy atom. The Morgan fingerprint density at radius 2 is 1.90 bits per heavy atom. The van der Waals surface area contributed by atoms with E-state index in [2.05, 4.69) is 15.2 Å². The van der Waals surface area contributed by atoms with E-state index < -0.39 is 38.7 Å². The normalized spacial score (nSPS) is 25.2. The van der Waals surface area contributed by atoms with Crippen molar-refractivity contribution >= 4 is 37.8 Å². The molecule has 1 heterocycles. The van der Waals surface area contributed by atoms with E-state index in [9.17, 15) is 18.7 Å². The van der Waals surface area contributed by atoms with Gasteiger partial charge in [-0.25, -0.2) is 9.13 Å². The second kappa shape index (κ2) is 11.6. The van der Waals surface area contributed by atoms with Crippen LogP contribution in [-0.4, -0.2) is 91.9 Å². The van der Waals surface area contributed by atoms with E-state index in [-0.39, 0.29) is 37.8 Å². The van der Waals surface area contributed by atoms with Gasteiger partial charge < -0.3 is 24.9 Å². The number of nitrogens with zero attached hydrogens (tertiary/aromatic N) is 1.